The summed E-state index contributed by atoms with van der Waals surface area (Å²) in [5.41, 5.74) is 2.96. The molecule has 0 bridgehead atoms. The Labute approximate surface area is 103 Å². The number of allylic oxidation sites excluding steroid dienone is 2. The third kappa shape index (κ3) is 3.32. The number of hydrogen-bond acceptors (Lipinski definition) is 1. The van der Waals surface area contributed by atoms with Crippen molar-refractivity contribution >= 4 is 6.29 Å². The van der Waals surface area contributed by atoms with Gasteiger partial charge in [0.25, 0.3) is 0 Å². The second-order valence-electron chi connectivity index (χ2n) is 4.30. The van der Waals surface area contributed by atoms with Crippen molar-refractivity contribution in [3.05, 3.63) is 47.0 Å². The van der Waals surface area contributed by atoms with Gasteiger partial charge >= 0.3 is 0 Å². The monoisotopic (exact) mass is 224 g/mol. The third-order valence-corrected chi connectivity index (χ3v) is 3.03. The van der Waals surface area contributed by atoms with Crippen LogP contribution in [0.15, 0.2) is 41.5 Å². The molecule has 0 spiro atoms. The number of benzene rings is 1. The van der Waals surface area contributed by atoms with Crippen molar-refractivity contribution in [3.8, 4) is 11.8 Å². The summed E-state index contributed by atoms with van der Waals surface area (Å²) in [4.78, 5) is 11.0. The van der Waals surface area contributed by atoms with Crippen LogP contribution in [0, 0.1) is 11.8 Å². The zero-order valence-corrected chi connectivity index (χ0v) is 9.91. The fraction of sp³-hybridized carbons (Fsp3) is 0.312. The highest BCUT2D eigenvalue weighted by molar-refractivity contribution is 5.76. The van der Waals surface area contributed by atoms with Gasteiger partial charge in [-0.15, -0.1) is 0 Å². The smallest absolute Gasteiger partial charge is 0.146 e. The maximum absolute atomic E-state index is 11.0. The fourth-order valence-corrected chi connectivity index (χ4v) is 2.05. The van der Waals surface area contributed by atoms with E-state index in [1.54, 1.807) is 0 Å². The molecule has 1 aromatic carbocycles. The molecule has 0 aliphatic heterocycles. The van der Waals surface area contributed by atoms with Crippen LogP contribution >= 0.6 is 0 Å². The second kappa shape index (κ2) is 6.06. The van der Waals surface area contributed by atoms with Gasteiger partial charge in [0.1, 0.15) is 6.29 Å². The normalized spacial score (nSPS) is 15.8. The minimum Gasteiger partial charge on any atom is -0.298 e. The molecule has 1 nitrogen and oxygen atoms in total. The first-order chi connectivity index (χ1) is 8.40. The largest absolute Gasteiger partial charge is 0.298 e. The number of carbonyl (C=O) groups is 1. The predicted octanol–water partition coefficient (Wildman–Crippen LogP) is 3.50. The van der Waals surface area contributed by atoms with E-state index < -0.39 is 0 Å². The van der Waals surface area contributed by atoms with E-state index >= 15 is 0 Å². The summed E-state index contributed by atoms with van der Waals surface area (Å²) in [6.45, 7) is 0. The van der Waals surface area contributed by atoms with E-state index in [0.717, 1.165) is 48.7 Å². The van der Waals surface area contributed by atoms with Gasteiger partial charge in [0.15, 0.2) is 0 Å². The average Bonchev–Trinajstić information content (AvgIpc) is 2.62. The Bertz CT molecular complexity index is 471. The van der Waals surface area contributed by atoms with Crippen molar-refractivity contribution in [1.29, 1.82) is 0 Å². The van der Waals surface area contributed by atoms with Crippen LogP contribution in [0.3, 0.4) is 0 Å². The van der Waals surface area contributed by atoms with Crippen LogP contribution in [0.2, 0.25) is 0 Å². The van der Waals surface area contributed by atoms with E-state index in [1.807, 2.05) is 30.3 Å². The summed E-state index contributed by atoms with van der Waals surface area (Å²) < 4.78 is 0. The zero-order chi connectivity index (χ0) is 11.9. The highest BCUT2D eigenvalue weighted by atomic mass is 16.1. The summed E-state index contributed by atoms with van der Waals surface area (Å²) >= 11 is 0. The minimum atomic E-state index is 0.891. The highest BCUT2D eigenvalue weighted by Crippen LogP contribution is 2.21. The first kappa shape index (κ1) is 11.7. The van der Waals surface area contributed by atoms with E-state index in [4.69, 9.17) is 0 Å². The van der Waals surface area contributed by atoms with Crippen molar-refractivity contribution in [1.82, 2.24) is 0 Å². The molecular formula is C16H16O. The molecule has 1 aliphatic carbocycles. The van der Waals surface area contributed by atoms with Gasteiger partial charge in [-0.3, -0.25) is 4.79 Å². The molecule has 86 valence electrons. The van der Waals surface area contributed by atoms with Crippen molar-refractivity contribution < 1.29 is 4.79 Å². The predicted molar refractivity (Wildman–Crippen MR) is 69.5 cm³/mol. The molecule has 0 fully saturated rings. The van der Waals surface area contributed by atoms with E-state index in [9.17, 15) is 4.79 Å². The van der Waals surface area contributed by atoms with Crippen LogP contribution < -0.4 is 0 Å². The van der Waals surface area contributed by atoms with E-state index in [2.05, 4.69) is 11.8 Å². The quantitative estimate of drug-likeness (QED) is 0.527. The molecular weight excluding hydrogens is 208 g/mol. The lowest BCUT2D eigenvalue weighted by atomic mass is 10.0. The van der Waals surface area contributed by atoms with E-state index in [-0.39, 0.29) is 0 Å². The van der Waals surface area contributed by atoms with Crippen molar-refractivity contribution in [2.45, 2.75) is 32.1 Å². The number of rotatable bonds is 1. The first-order valence-corrected chi connectivity index (χ1v) is 6.14. The molecule has 0 amide bonds. The Balaban J connectivity index is 2.24. The molecule has 1 aliphatic rings. The van der Waals surface area contributed by atoms with E-state index in [0.29, 0.717) is 0 Å². The molecule has 0 radical (unpaired) electrons. The Morgan fingerprint density at radius 3 is 2.47 bits per heavy atom. The van der Waals surface area contributed by atoms with Gasteiger partial charge in [-0.05, 0) is 37.8 Å². The number of carbonyl (C=O) groups excluding carboxylic acids is 1. The molecule has 0 aromatic heterocycles. The van der Waals surface area contributed by atoms with Crippen LogP contribution in [-0.4, -0.2) is 6.29 Å². The molecule has 0 heterocycles. The average molecular weight is 224 g/mol. The lowest BCUT2D eigenvalue weighted by Gasteiger charge is -1.98. The maximum Gasteiger partial charge on any atom is 0.146 e. The lowest BCUT2D eigenvalue weighted by Crippen LogP contribution is -1.89. The van der Waals surface area contributed by atoms with Crippen LogP contribution in [0.4, 0.5) is 0 Å². The zero-order valence-electron chi connectivity index (χ0n) is 9.91. The van der Waals surface area contributed by atoms with Crippen LogP contribution in [0.5, 0.6) is 0 Å². The van der Waals surface area contributed by atoms with Crippen LogP contribution in [-0.2, 0) is 4.79 Å². The van der Waals surface area contributed by atoms with Gasteiger partial charge in [0.2, 0.25) is 0 Å². The highest BCUT2D eigenvalue weighted by Gasteiger charge is 2.08. The Hall–Kier alpha value is -1.81. The fourth-order valence-electron chi connectivity index (χ4n) is 2.05. The maximum atomic E-state index is 11.0. The topological polar surface area (TPSA) is 17.1 Å². The molecule has 2 rings (SSSR count). The van der Waals surface area contributed by atoms with Crippen molar-refractivity contribution in [3.63, 3.8) is 0 Å². The summed E-state index contributed by atoms with van der Waals surface area (Å²) in [5, 5.41) is 0. The van der Waals surface area contributed by atoms with Gasteiger partial charge in [-0.2, -0.15) is 0 Å². The molecule has 0 N–H and O–H groups in total. The van der Waals surface area contributed by atoms with Gasteiger partial charge in [-0.25, -0.2) is 0 Å². The van der Waals surface area contributed by atoms with Gasteiger partial charge in [-0.1, -0.05) is 36.5 Å². The summed E-state index contributed by atoms with van der Waals surface area (Å²) in [5.74, 6) is 6.32. The molecule has 1 heteroatoms. The third-order valence-electron chi connectivity index (χ3n) is 3.03. The molecule has 0 atom stereocenters. The van der Waals surface area contributed by atoms with Crippen LogP contribution in [0.25, 0.3) is 0 Å². The SMILES string of the molecule is O=CC1=C(C#Cc2ccccc2)CCCCC1. The Kier molecular flexibility index (Phi) is 4.16. The molecule has 0 unspecified atom stereocenters. The summed E-state index contributed by atoms with van der Waals surface area (Å²) in [6.07, 6.45) is 6.30. The number of aldehydes is 1. The van der Waals surface area contributed by atoms with Crippen molar-refractivity contribution in [2.75, 3.05) is 0 Å². The minimum absolute atomic E-state index is 0.891. The first-order valence-electron chi connectivity index (χ1n) is 6.14. The molecule has 17 heavy (non-hydrogen) atoms. The van der Waals surface area contributed by atoms with Crippen molar-refractivity contribution in [2.24, 2.45) is 0 Å². The van der Waals surface area contributed by atoms with Crippen LogP contribution in [0.1, 0.15) is 37.7 Å². The van der Waals surface area contributed by atoms with Gasteiger partial charge < -0.3 is 0 Å². The molecule has 0 saturated heterocycles. The van der Waals surface area contributed by atoms with Gasteiger partial charge in [0.05, 0.1) is 0 Å². The Morgan fingerprint density at radius 1 is 0.941 bits per heavy atom. The van der Waals surface area contributed by atoms with E-state index in [1.165, 1.54) is 6.42 Å². The Morgan fingerprint density at radius 2 is 1.71 bits per heavy atom. The summed E-state index contributed by atoms with van der Waals surface area (Å²) in [6, 6.07) is 9.92. The second-order valence-corrected chi connectivity index (χ2v) is 4.30. The summed E-state index contributed by atoms with van der Waals surface area (Å²) in [7, 11) is 0. The standard InChI is InChI=1S/C16H16O/c17-13-16-10-6-2-5-9-15(16)12-11-14-7-3-1-4-8-14/h1,3-4,7-8,13H,2,5-6,9-10H2. The molecule has 0 saturated carbocycles. The van der Waals surface area contributed by atoms with Gasteiger partial charge in [0, 0.05) is 16.7 Å². The lowest BCUT2D eigenvalue weighted by molar-refractivity contribution is -0.105. The molecule has 1 aromatic rings. The number of hydrogen-bond donors (Lipinski definition) is 0.